The third-order valence-corrected chi connectivity index (χ3v) is 3.44. The van der Waals surface area contributed by atoms with Crippen LogP contribution in [-0.4, -0.2) is 25.1 Å². The van der Waals surface area contributed by atoms with E-state index in [9.17, 15) is 13.2 Å². The number of halogens is 1. The van der Waals surface area contributed by atoms with Gasteiger partial charge in [-0.25, -0.2) is 8.42 Å². The molecule has 1 rings (SSSR count). The Morgan fingerprint density at radius 3 is 2.67 bits per heavy atom. The number of rotatable bonds is 4. The summed E-state index contributed by atoms with van der Waals surface area (Å²) in [6, 6.07) is 1.63. The minimum absolute atomic E-state index is 0.234. The Morgan fingerprint density at radius 2 is 2.13 bits per heavy atom. The molecule has 0 atom stereocenters. The molecular weight excluding hydrogens is 284 g/mol. The van der Waals surface area contributed by atoms with E-state index in [2.05, 4.69) is 20.9 Å². The average molecular weight is 293 g/mol. The molecule has 0 fully saturated rings. The zero-order chi connectivity index (χ0) is 11.5. The van der Waals surface area contributed by atoms with E-state index in [0.29, 0.717) is 10.0 Å². The van der Waals surface area contributed by atoms with Crippen molar-refractivity contribution in [3.8, 4) is 0 Å². The van der Waals surface area contributed by atoms with Gasteiger partial charge >= 0.3 is 0 Å². The van der Waals surface area contributed by atoms with Gasteiger partial charge in [-0.15, -0.1) is 0 Å². The number of pyridine rings is 1. The summed E-state index contributed by atoms with van der Waals surface area (Å²) in [5.41, 5.74) is 5.34. The van der Waals surface area contributed by atoms with Crippen molar-refractivity contribution in [3.05, 3.63) is 28.5 Å². The van der Waals surface area contributed by atoms with Crippen LogP contribution in [-0.2, 0) is 20.4 Å². The Morgan fingerprint density at radius 1 is 1.47 bits per heavy atom. The quantitative estimate of drug-likeness (QED) is 0.861. The zero-order valence-electron chi connectivity index (χ0n) is 7.68. The molecule has 0 aromatic carbocycles. The average Bonchev–Trinajstić information content (AvgIpc) is 1.99. The SMILES string of the molecule is NC(=O)CS(=O)(=O)Cc1cncc(Br)c1. The lowest BCUT2D eigenvalue weighted by atomic mass is 10.3. The van der Waals surface area contributed by atoms with Crippen LogP contribution < -0.4 is 5.73 Å². The molecule has 0 saturated heterocycles. The number of sulfone groups is 1. The largest absolute Gasteiger partial charge is 0.369 e. The van der Waals surface area contributed by atoms with Crippen LogP contribution in [0.25, 0.3) is 0 Å². The first-order valence-electron chi connectivity index (χ1n) is 3.97. The summed E-state index contributed by atoms with van der Waals surface area (Å²) in [5.74, 6) is -1.72. The van der Waals surface area contributed by atoms with E-state index in [1.165, 1.54) is 6.20 Å². The highest BCUT2D eigenvalue weighted by molar-refractivity contribution is 9.10. The molecular formula is C8H9BrN2O3S. The number of nitrogens with zero attached hydrogens (tertiary/aromatic N) is 1. The molecule has 0 saturated carbocycles. The van der Waals surface area contributed by atoms with Crippen LogP contribution in [0.3, 0.4) is 0 Å². The van der Waals surface area contributed by atoms with E-state index in [1.807, 2.05) is 0 Å². The second kappa shape index (κ2) is 4.71. The maximum Gasteiger partial charge on any atom is 0.232 e. The molecule has 0 radical (unpaired) electrons. The number of primary amides is 1. The Bertz CT molecular complexity index is 473. The highest BCUT2D eigenvalue weighted by Gasteiger charge is 2.15. The van der Waals surface area contributed by atoms with Gasteiger partial charge in [-0.05, 0) is 27.6 Å². The molecule has 0 aliphatic carbocycles. The Balaban J connectivity index is 2.82. The van der Waals surface area contributed by atoms with Gasteiger partial charge in [-0.2, -0.15) is 0 Å². The normalized spacial score (nSPS) is 11.3. The summed E-state index contributed by atoms with van der Waals surface area (Å²) in [6.07, 6.45) is 2.98. The summed E-state index contributed by atoms with van der Waals surface area (Å²) in [6.45, 7) is 0. The molecule has 2 N–H and O–H groups in total. The highest BCUT2D eigenvalue weighted by Crippen LogP contribution is 2.12. The zero-order valence-corrected chi connectivity index (χ0v) is 10.1. The van der Waals surface area contributed by atoms with Crippen LogP contribution in [0, 0.1) is 0 Å². The molecule has 0 aliphatic rings. The first-order chi connectivity index (χ1) is 6.89. The second-order valence-corrected chi connectivity index (χ2v) is 5.99. The van der Waals surface area contributed by atoms with Crippen LogP contribution in [0.15, 0.2) is 22.9 Å². The van der Waals surface area contributed by atoms with Gasteiger partial charge in [0.25, 0.3) is 0 Å². The Hall–Kier alpha value is -0.950. The van der Waals surface area contributed by atoms with Crippen LogP contribution in [0.1, 0.15) is 5.56 Å². The number of nitrogens with two attached hydrogens (primary N) is 1. The fraction of sp³-hybridized carbons (Fsp3) is 0.250. The predicted molar refractivity (Wildman–Crippen MR) is 58.6 cm³/mol. The van der Waals surface area contributed by atoms with Gasteiger partial charge in [0.2, 0.25) is 5.91 Å². The van der Waals surface area contributed by atoms with Crippen molar-refractivity contribution < 1.29 is 13.2 Å². The molecule has 1 aromatic rings. The van der Waals surface area contributed by atoms with E-state index >= 15 is 0 Å². The van der Waals surface area contributed by atoms with E-state index in [0.717, 1.165) is 0 Å². The summed E-state index contributed by atoms with van der Waals surface area (Å²) in [5, 5.41) is 0. The lowest BCUT2D eigenvalue weighted by Crippen LogP contribution is -2.24. The van der Waals surface area contributed by atoms with Gasteiger partial charge in [-0.1, -0.05) is 0 Å². The van der Waals surface area contributed by atoms with Gasteiger partial charge in [0.1, 0.15) is 5.75 Å². The van der Waals surface area contributed by atoms with Crippen molar-refractivity contribution in [2.45, 2.75) is 5.75 Å². The minimum Gasteiger partial charge on any atom is -0.369 e. The summed E-state index contributed by atoms with van der Waals surface area (Å²) in [4.78, 5) is 14.3. The molecule has 0 spiro atoms. The van der Waals surface area contributed by atoms with Crippen molar-refractivity contribution in [2.24, 2.45) is 5.73 Å². The number of carbonyl (C=O) groups is 1. The molecule has 1 aromatic heterocycles. The lowest BCUT2D eigenvalue weighted by molar-refractivity contribution is -0.115. The van der Waals surface area contributed by atoms with Gasteiger partial charge in [0, 0.05) is 16.9 Å². The molecule has 1 heterocycles. The Labute approximate surface area is 95.7 Å². The third kappa shape index (κ3) is 4.39. The molecule has 0 unspecified atom stereocenters. The first kappa shape index (κ1) is 12.1. The minimum atomic E-state index is -3.49. The van der Waals surface area contributed by atoms with Crippen molar-refractivity contribution in [1.82, 2.24) is 4.98 Å². The Kier molecular flexibility index (Phi) is 3.81. The van der Waals surface area contributed by atoms with Gasteiger partial charge < -0.3 is 5.73 Å². The number of hydrogen-bond donors (Lipinski definition) is 1. The summed E-state index contributed by atoms with van der Waals surface area (Å²) in [7, 11) is -3.49. The maximum atomic E-state index is 11.4. The van der Waals surface area contributed by atoms with Gasteiger partial charge in [-0.3, -0.25) is 9.78 Å². The van der Waals surface area contributed by atoms with E-state index in [4.69, 9.17) is 5.73 Å². The van der Waals surface area contributed by atoms with Crippen molar-refractivity contribution >= 4 is 31.7 Å². The topological polar surface area (TPSA) is 90.1 Å². The number of aromatic nitrogens is 1. The molecule has 7 heteroatoms. The monoisotopic (exact) mass is 292 g/mol. The van der Waals surface area contributed by atoms with E-state index < -0.39 is 21.5 Å². The fourth-order valence-corrected chi connectivity index (χ4v) is 2.67. The number of carbonyl (C=O) groups excluding carboxylic acids is 1. The van der Waals surface area contributed by atoms with Crippen molar-refractivity contribution in [3.63, 3.8) is 0 Å². The molecule has 82 valence electrons. The van der Waals surface area contributed by atoms with E-state index in [1.54, 1.807) is 12.3 Å². The smallest absolute Gasteiger partial charge is 0.232 e. The van der Waals surface area contributed by atoms with Crippen LogP contribution in [0.2, 0.25) is 0 Å². The van der Waals surface area contributed by atoms with Gasteiger partial charge in [0.15, 0.2) is 9.84 Å². The lowest BCUT2D eigenvalue weighted by Gasteiger charge is -2.01. The standard InChI is InChI=1S/C8H9BrN2O3S/c9-7-1-6(2-11-3-7)4-15(13,14)5-8(10)12/h1-3H,4-5H2,(H2,10,12). The fourth-order valence-electron chi connectivity index (χ4n) is 1.06. The first-order valence-corrected chi connectivity index (χ1v) is 6.59. The van der Waals surface area contributed by atoms with Crippen LogP contribution in [0.4, 0.5) is 0 Å². The van der Waals surface area contributed by atoms with Crippen LogP contribution >= 0.6 is 15.9 Å². The molecule has 0 bridgehead atoms. The van der Waals surface area contributed by atoms with Crippen LogP contribution in [0.5, 0.6) is 0 Å². The molecule has 1 amide bonds. The molecule has 5 nitrogen and oxygen atoms in total. The number of hydrogen-bond acceptors (Lipinski definition) is 4. The third-order valence-electron chi connectivity index (χ3n) is 1.51. The van der Waals surface area contributed by atoms with Crippen molar-refractivity contribution in [1.29, 1.82) is 0 Å². The van der Waals surface area contributed by atoms with Crippen molar-refractivity contribution in [2.75, 3.05) is 5.75 Å². The van der Waals surface area contributed by atoms with Gasteiger partial charge in [0.05, 0.1) is 5.75 Å². The maximum absolute atomic E-state index is 11.4. The molecule has 0 aliphatic heterocycles. The summed E-state index contributed by atoms with van der Waals surface area (Å²) >= 11 is 3.17. The highest BCUT2D eigenvalue weighted by atomic mass is 79.9. The number of amides is 1. The molecule has 15 heavy (non-hydrogen) atoms. The predicted octanol–water partition coefficient (Wildman–Crippen LogP) is 0.244. The second-order valence-electron chi connectivity index (χ2n) is 3.01. The van der Waals surface area contributed by atoms with E-state index in [-0.39, 0.29) is 5.75 Å². The summed E-state index contributed by atoms with van der Waals surface area (Å²) < 4.78 is 23.4.